The molecule has 3 rings (SSSR count). The first-order valence-electron chi connectivity index (χ1n) is 9.10. The van der Waals surface area contributed by atoms with E-state index in [0.717, 1.165) is 49.8 Å². The average Bonchev–Trinajstić information content (AvgIpc) is 3.37. The minimum atomic E-state index is -0.123. The summed E-state index contributed by atoms with van der Waals surface area (Å²) in [5.74, 6) is 0.902. The monoisotopic (exact) mass is 349 g/mol. The first kappa shape index (κ1) is 17.6. The number of aliphatic imine (C=N–C) groups is 1. The Hall–Kier alpha value is -1.26. The second kappa shape index (κ2) is 7.75. The van der Waals surface area contributed by atoms with E-state index in [-0.39, 0.29) is 11.5 Å². The number of halogens is 1. The Bertz CT molecular complexity index is 560. The van der Waals surface area contributed by atoms with Crippen LogP contribution in [-0.4, -0.2) is 36.3 Å². The summed E-state index contributed by atoms with van der Waals surface area (Å²) in [5, 5.41) is 17.3. The molecule has 5 heteroatoms. The Balaban J connectivity index is 1.62. The molecule has 0 radical (unpaired) electrons. The molecule has 2 fully saturated rings. The Morgan fingerprint density at radius 2 is 1.88 bits per heavy atom. The summed E-state index contributed by atoms with van der Waals surface area (Å²) in [4.78, 5) is 4.86. The lowest BCUT2D eigenvalue weighted by molar-refractivity contribution is 0.120. The van der Waals surface area contributed by atoms with Gasteiger partial charge in [-0.3, -0.25) is 4.99 Å². The van der Waals surface area contributed by atoms with E-state index in [1.165, 1.54) is 18.4 Å². The van der Waals surface area contributed by atoms with Gasteiger partial charge in [0.2, 0.25) is 0 Å². The summed E-state index contributed by atoms with van der Waals surface area (Å²) in [6, 6.07) is 8.62. The van der Waals surface area contributed by atoms with Gasteiger partial charge in [0, 0.05) is 23.0 Å². The number of nitrogens with one attached hydrogen (secondary N) is 2. The molecule has 4 nitrogen and oxygen atoms in total. The van der Waals surface area contributed by atoms with Gasteiger partial charge in [-0.2, -0.15) is 0 Å². The lowest BCUT2D eigenvalue weighted by Crippen LogP contribution is -2.45. The van der Waals surface area contributed by atoms with Crippen molar-refractivity contribution >= 4 is 17.6 Å². The molecular formula is C19H28ClN3O. The fraction of sp³-hybridized carbons (Fsp3) is 0.632. The van der Waals surface area contributed by atoms with Crippen molar-refractivity contribution in [2.45, 2.75) is 63.0 Å². The molecule has 0 aliphatic heterocycles. The molecule has 3 N–H and O–H groups in total. The van der Waals surface area contributed by atoms with Crippen LogP contribution >= 0.6 is 11.6 Å². The lowest BCUT2D eigenvalue weighted by Gasteiger charge is -2.28. The lowest BCUT2D eigenvalue weighted by atomic mass is 9.93. The van der Waals surface area contributed by atoms with E-state index >= 15 is 0 Å². The molecule has 1 aromatic rings. The quantitative estimate of drug-likeness (QED) is 0.565. The number of rotatable bonds is 5. The van der Waals surface area contributed by atoms with Crippen LogP contribution in [0, 0.1) is 0 Å². The van der Waals surface area contributed by atoms with Crippen molar-refractivity contribution in [1.29, 1.82) is 0 Å². The van der Waals surface area contributed by atoms with E-state index in [0.29, 0.717) is 6.04 Å². The fourth-order valence-corrected chi connectivity index (χ4v) is 3.58. The van der Waals surface area contributed by atoms with Crippen molar-refractivity contribution in [3.8, 4) is 0 Å². The zero-order chi connectivity index (χ0) is 17.0. The highest BCUT2D eigenvalue weighted by molar-refractivity contribution is 6.30. The van der Waals surface area contributed by atoms with E-state index in [1.807, 2.05) is 12.1 Å². The number of benzene rings is 1. The zero-order valence-electron chi connectivity index (χ0n) is 14.4. The van der Waals surface area contributed by atoms with E-state index in [1.54, 1.807) is 0 Å². The zero-order valence-corrected chi connectivity index (χ0v) is 15.1. The first-order valence-corrected chi connectivity index (χ1v) is 9.48. The van der Waals surface area contributed by atoms with E-state index in [9.17, 15) is 5.11 Å². The maximum Gasteiger partial charge on any atom is 0.191 e. The normalized spacial score (nSPS) is 26.0. The summed E-state index contributed by atoms with van der Waals surface area (Å²) in [6.45, 7) is 3.75. The number of hydrogen-bond donors (Lipinski definition) is 3. The van der Waals surface area contributed by atoms with E-state index in [2.05, 4.69) is 29.7 Å². The summed E-state index contributed by atoms with van der Waals surface area (Å²) in [6.07, 6.45) is 6.03. The molecule has 1 aromatic carbocycles. The molecule has 0 bridgehead atoms. The van der Waals surface area contributed by atoms with Crippen LogP contribution in [0.15, 0.2) is 29.3 Å². The van der Waals surface area contributed by atoms with Gasteiger partial charge in [-0.1, -0.05) is 23.7 Å². The predicted octanol–water partition coefficient (Wildman–Crippen LogP) is 3.23. The molecule has 0 spiro atoms. The van der Waals surface area contributed by atoms with Crippen molar-refractivity contribution in [2.24, 2.45) is 4.99 Å². The largest absolute Gasteiger partial charge is 0.393 e. The summed E-state index contributed by atoms with van der Waals surface area (Å²) < 4.78 is 0. The maximum absolute atomic E-state index is 9.65. The van der Waals surface area contributed by atoms with Gasteiger partial charge in [-0.25, -0.2) is 0 Å². The third-order valence-electron chi connectivity index (χ3n) is 5.23. The van der Waals surface area contributed by atoms with Gasteiger partial charge in [-0.05, 0) is 63.1 Å². The van der Waals surface area contributed by atoms with Crippen molar-refractivity contribution in [1.82, 2.24) is 10.6 Å². The molecule has 0 amide bonds. The molecule has 0 atom stereocenters. The van der Waals surface area contributed by atoms with Crippen LogP contribution in [0.4, 0.5) is 0 Å². The van der Waals surface area contributed by atoms with Crippen molar-refractivity contribution < 1.29 is 5.11 Å². The highest BCUT2D eigenvalue weighted by Crippen LogP contribution is 2.48. The van der Waals surface area contributed by atoms with Gasteiger partial charge < -0.3 is 15.7 Å². The topological polar surface area (TPSA) is 56.7 Å². The van der Waals surface area contributed by atoms with Crippen LogP contribution in [0.25, 0.3) is 0 Å². The van der Waals surface area contributed by atoms with Crippen LogP contribution in [0.2, 0.25) is 5.02 Å². The number of aliphatic hydroxyl groups is 1. The van der Waals surface area contributed by atoms with Crippen LogP contribution in [0.5, 0.6) is 0 Å². The third-order valence-corrected chi connectivity index (χ3v) is 5.48. The van der Waals surface area contributed by atoms with Gasteiger partial charge in [0.1, 0.15) is 0 Å². The molecule has 0 saturated heterocycles. The minimum absolute atomic E-state index is 0.123. The maximum atomic E-state index is 9.65. The molecule has 2 aliphatic rings. The standard InChI is InChI=1S/C19H28ClN3O/c1-2-21-18(23-16-7-9-17(24)10-8-16)22-13-19(11-12-19)14-3-5-15(20)6-4-14/h3-6,16-17,24H,2,7-13H2,1H3,(H2,21,22,23). The second-order valence-corrected chi connectivity index (χ2v) is 7.57. The predicted molar refractivity (Wildman–Crippen MR) is 99.7 cm³/mol. The van der Waals surface area contributed by atoms with Gasteiger partial charge in [0.25, 0.3) is 0 Å². The van der Waals surface area contributed by atoms with E-state index < -0.39 is 0 Å². The molecule has 132 valence electrons. The Labute approximate surface area is 149 Å². The summed E-state index contributed by atoms with van der Waals surface area (Å²) in [7, 11) is 0. The number of nitrogens with zero attached hydrogens (tertiary/aromatic N) is 1. The molecule has 2 saturated carbocycles. The van der Waals surface area contributed by atoms with Crippen LogP contribution in [0.1, 0.15) is 51.0 Å². The highest BCUT2D eigenvalue weighted by Gasteiger charge is 2.44. The van der Waals surface area contributed by atoms with Gasteiger partial charge >= 0.3 is 0 Å². The molecular weight excluding hydrogens is 322 g/mol. The Morgan fingerprint density at radius 1 is 1.21 bits per heavy atom. The highest BCUT2D eigenvalue weighted by atomic mass is 35.5. The van der Waals surface area contributed by atoms with Crippen LogP contribution in [-0.2, 0) is 5.41 Å². The van der Waals surface area contributed by atoms with Gasteiger partial charge in [0.15, 0.2) is 5.96 Å². The number of guanidine groups is 1. The fourth-order valence-electron chi connectivity index (χ4n) is 3.46. The van der Waals surface area contributed by atoms with E-state index in [4.69, 9.17) is 16.6 Å². The van der Waals surface area contributed by atoms with Crippen LogP contribution in [0.3, 0.4) is 0 Å². The molecule has 0 unspecified atom stereocenters. The minimum Gasteiger partial charge on any atom is -0.393 e. The molecule has 0 aromatic heterocycles. The van der Waals surface area contributed by atoms with Crippen molar-refractivity contribution in [3.63, 3.8) is 0 Å². The van der Waals surface area contributed by atoms with Crippen molar-refractivity contribution in [3.05, 3.63) is 34.9 Å². The third kappa shape index (κ3) is 4.42. The summed E-state index contributed by atoms with van der Waals surface area (Å²) >= 11 is 6.00. The SMILES string of the molecule is CCNC(=NCC1(c2ccc(Cl)cc2)CC1)NC1CCC(O)CC1. The number of hydrogen-bond acceptors (Lipinski definition) is 2. The Kier molecular flexibility index (Phi) is 5.67. The van der Waals surface area contributed by atoms with Crippen LogP contribution < -0.4 is 10.6 Å². The smallest absolute Gasteiger partial charge is 0.191 e. The molecule has 2 aliphatic carbocycles. The average molecular weight is 350 g/mol. The summed E-state index contributed by atoms with van der Waals surface area (Å²) in [5.41, 5.74) is 1.53. The van der Waals surface area contributed by atoms with Gasteiger partial charge in [0.05, 0.1) is 12.6 Å². The number of aliphatic hydroxyl groups excluding tert-OH is 1. The van der Waals surface area contributed by atoms with Gasteiger partial charge in [-0.15, -0.1) is 0 Å². The first-order chi connectivity index (χ1) is 11.6. The second-order valence-electron chi connectivity index (χ2n) is 7.13. The molecule has 24 heavy (non-hydrogen) atoms. The molecule has 0 heterocycles. The Morgan fingerprint density at radius 3 is 2.46 bits per heavy atom. The van der Waals surface area contributed by atoms with Crippen molar-refractivity contribution in [2.75, 3.05) is 13.1 Å².